The van der Waals surface area contributed by atoms with Crippen LogP contribution in [0.5, 0.6) is 0 Å². The van der Waals surface area contributed by atoms with Crippen LogP contribution in [-0.2, 0) is 6.42 Å². The summed E-state index contributed by atoms with van der Waals surface area (Å²) in [6.07, 6.45) is 0.770. The maximum Gasteiger partial charge on any atom is 0.257 e. The number of likely N-dealkylation sites (N-methyl/N-ethyl adjacent to an activating group) is 1. The zero-order valence-electron chi connectivity index (χ0n) is 10.7. The molecular weight excluding hydrogens is 258 g/mol. The second kappa shape index (κ2) is 5.50. The summed E-state index contributed by atoms with van der Waals surface area (Å²) in [6.45, 7) is 3.90. The smallest absolute Gasteiger partial charge is 0.257 e. The molecular formula is C14H15N3OS. The maximum atomic E-state index is 5.69. The van der Waals surface area contributed by atoms with Crippen molar-refractivity contribution in [3.05, 3.63) is 36.2 Å². The molecule has 0 saturated heterocycles. The average molecular weight is 273 g/mol. The molecule has 2 heterocycles. The number of hydrogen-bond donors (Lipinski definition) is 1. The molecule has 3 rings (SSSR count). The number of rotatable bonds is 5. The molecule has 0 aliphatic heterocycles. The summed E-state index contributed by atoms with van der Waals surface area (Å²) in [5, 5.41) is 12.7. The lowest BCUT2D eigenvalue weighted by Gasteiger charge is -1.95. The Bertz CT molecular complexity index is 641. The molecule has 2 aromatic heterocycles. The van der Waals surface area contributed by atoms with E-state index < -0.39 is 0 Å². The van der Waals surface area contributed by atoms with Crippen molar-refractivity contribution in [1.82, 2.24) is 15.5 Å². The van der Waals surface area contributed by atoms with Gasteiger partial charge < -0.3 is 9.73 Å². The van der Waals surface area contributed by atoms with E-state index in [0.29, 0.717) is 11.8 Å². The molecule has 4 nitrogen and oxygen atoms in total. The monoisotopic (exact) mass is 273 g/mol. The van der Waals surface area contributed by atoms with Crippen LogP contribution in [0.25, 0.3) is 20.9 Å². The Labute approximate surface area is 115 Å². The Balaban J connectivity index is 1.81. The minimum atomic E-state index is 0.618. The van der Waals surface area contributed by atoms with E-state index in [9.17, 15) is 0 Å². The Kier molecular flexibility index (Phi) is 3.57. The summed E-state index contributed by atoms with van der Waals surface area (Å²) >= 11 is 1.68. The van der Waals surface area contributed by atoms with Crippen molar-refractivity contribution in [2.45, 2.75) is 13.3 Å². The molecule has 0 unspecified atom stereocenters. The fraction of sp³-hybridized carbons (Fsp3) is 0.286. The van der Waals surface area contributed by atoms with E-state index in [1.807, 2.05) is 12.1 Å². The minimum absolute atomic E-state index is 0.618. The van der Waals surface area contributed by atoms with Crippen molar-refractivity contribution in [1.29, 1.82) is 0 Å². The molecule has 5 heteroatoms. The van der Waals surface area contributed by atoms with Crippen LogP contribution in [0.4, 0.5) is 0 Å². The van der Waals surface area contributed by atoms with Crippen LogP contribution in [0.15, 0.2) is 34.7 Å². The van der Waals surface area contributed by atoms with Gasteiger partial charge in [-0.05, 0) is 24.1 Å². The van der Waals surface area contributed by atoms with Crippen LogP contribution < -0.4 is 5.32 Å². The summed E-state index contributed by atoms with van der Waals surface area (Å²) in [4.78, 5) is 1.03. The third kappa shape index (κ3) is 2.67. The molecule has 0 spiro atoms. The number of nitrogens with zero attached hydrogens (tertiary/aromatic N) is 2. The van der Waals surface area contributed by atoms with Crippen molar-refractivity contribution in [2.24, 2.45) is 0 Å². The fourth-order valence-electron chi connectivity index (χ4n) is 1.91. The maximum absolute atomic E-state index is 5.69. The minimum Gasteiger partial charge on any atom is -0.420 e. The van der Waals surface area contributed by atoms with Crippen molar-refractivity contribution < 1.29 is 4.42 Å². The Hall–Kier alpha value is -1.72. The van der Waals surface area contributed by atoms with E-state index >= 15 is 0 Å². The highest BCUT2D eigenvalue weighted by Gasteiger charge is 2.11. The molecule has 0 atom stereocenters. The summed E-state index contributed by atoms with van der Waals surface area (Å²) in [5.74, 6) is 1.31. The SMILES string of the molecule is CCNCCc1nnc(-c2cc3ccccc3s2)o1. The van der Waals surface area contributed by atoms with Gasteiger partial charge in [-0.1, -0.05) is 25.1 Å². The Morgan fingerprint density at radius 3 is 3.00 bits per heavy atom. The molecule has 3 aromatic rings. The molecule has 0 fully saturated rings. The lowest BCUT2D eigenvalue weighted by atomic mass is 10.2. The van der Waals surface area contributed by atoms with Crippen LogP contribution in [0.3, 0.4) is 0 Å². The zero-order chi connectivity index (χ0) is 13.1. The number of thiophene rings is 1. The quantitative estimate of drug-likeness (QED) is 0.726. The number of fused-ring (bicyclic) bond motifs is 1. The first-order valence-corrected chi connectivity index (χ1v) is 7.20. The van der Waals surface area contributed by atoms with E-state index in [1.54, 1.807) is 11.3 Å². The lowest BCUT2D eigenvalue weighted by Crippen LogP contribution is -2.16. The number of benzene rings is 1. The van der Waals surface area contributed by atoms with Crippen LogP contribution in [0.1, 0.15) is 12.8 Å². The lowest BCUT2D eigenvalue weighted by molar-refractivity contribution is 0.497. The Morgan fingerprint density at radius 1 is 1.26 bits per heavy atom. The number of aromatic nitrogens is 2. The largest absolute Gasteiger partial charge is 0.420 e. The molecule has 1 aromatic carbocycles. The normalized spacial score (nSPS) is 11.2. The first-order valence-electron chi connectivity index (χ1n) is 6.39. The van der Waals surface area contributed by atoms with Gasteiger partial charge in [-0.15, -0.1) is 21.5 Å². The predicted molar refractivity (Wildman–Crippen MR) is 77.4 cm³/mol. The number of hydrogen-bond acceptors (Lipinski definition) is 5. The molecule has 0 radical (unpaired) electrons. The van der Waals surface area contributed by atoms with Gasteiger partial charge in [-0.2, -0.15) is 0 Å². The van der Waals surface area contributed by atoms with Crippen LogP contribution in [-0.4, -0.2) is 23.3 Å². The van der Waals surface area contributed by atoms with Gasteiger partial charge in [0.25, 0.3) is 5.89 Å². The predicted octanol–water partition coefficient (Wildman–Crippen LogP) is 3.10. The van der Waals surface area contributed by atoms with E-state index in [-0.39, 0.29) is 0 Å². The zero-order valence-corrected chi connectivity index (χ0v) is 11.5. The molecule has 0 amide bonds. The van der Waals surface area contributed by atoms with Gasteiger partial charge >= 0.3 is 0 Å². The van der Waals surface area contributed by atoms with Crippen LogP contribution in [0.2, 0.25) is 0 Å². The fourth-order valence-corrected chi connectivity index (χ4v) is 2.90. The van der Waals surface area contributed by atoms with Gasteiger partial charge in [0, 0.05) is 17.7 Å². The summed E-state index contributed by atoms with van der Waals surface area (Å²) in [7, 11) is 0. The van der Waals surface area contributed by atoms with Crippen molar-refractivity contribution in [2.75, 3.05) is 13.1 Å². The van der Waals surface area contributed by atoms with Crippen LogP contribution >= 0.6 is 11.3 Å². The molecule has 0 aliphatic rings. The van der Waals surface area contributed by atoms with E-state index in [0.717, 1.165) is 24.4 Å². The van der Waals surface area contributed by atoms with Gasteiger partial charge in [-0.3, -0.25) is 0 Å². The highest BCUT2D eigenvalue weighted by Crippen LogP contribution is 2.32. The highest BCUT2D eigenvalue weighted by molar-refractivity contribution is 7.22. The highest BCUT2D eigenvalue weighted by atomic mass is 32.1. The van der Waals surface area contributed by atoms with Gasteiger partial charge in [-0.25, -0.2) is 0 Å². The summed E-state index contributed by atoms with van der Waals surface area (Å²) in [6, 6.07) is 10.4. The van der Waals surface area contributed by atoms with Crippen molar-refractivity contribution in [3.63, 3.8) is 0 Å². The third-order valence-corrected chi connectivity index (χ3v) is 3.97. The average Bonchev–Trinajstić information content (AvgIpc) is 3.04. The van der Waals surface area contributed by atoms with E-state index in [4.69, 9.17) is 4.42 Å². The van der Waals surface area contributed by atoms with E-state index in [2.05, 4.69) is 40.6 Å². The summed E-state index contributed by atoms with van der Waals surface area (Å²) < 4.78 is 6.93. The molecule has 0 aliphatic carbocycles. The second-order valence-electron chi connectivity index (χ2n) is 4.25. The number of nitrogens with one attached hydrogen (secondary N) is 1. The Morgan fingerprint density at radius 2 is 2.16 bits per heavy atom. The van der Waals surface area contributed by atoms with Gasteiger partial charge in [0.15, 0.2) is 0 Å². The van der Waals surface area contributed by atoms with E-state index in [1.165, 1.54) is 10.1 Å². The standard InChI is InChI=1S/C14H15N3OS/c1-2-15-8-7-13-16-17-14(18-13)12-9-10-5-3-4-6-11(10)19-12/h3-6,9,15H,2,7-8H2,1H3. The van der Waals surface area contributed by atoms with Crippen molar-refractivity contribution >= 4 is 21.4 Å². The molecule has 98 valence electrons. The van der Waals surface area contributed by atoms with Crippen molar-refractivity contribution in [3.8, 4) is 10.8 Å². The summed E-state index contributed by atoms with van der Waals surface area (Å²) in [5.41, 5.74) is 0. The second-order valence-corrected chi connectivity index (χ2v) is 5.34. The molecule has 1 N–H and O–H groups in total. The van der Waals surface area contributed by atoms with Gasteiger partial charge in [0.2, 0.25) is 5.89 Å². The molecule has 0 saturated carbocycles. The topological polar surface area (TPSA) is 51.0 Å². The first kappa shape index (κ1) is 12.3. The van der Waals surface area contributed by atoms with Gasteiger partial charge in [0.1, 0.15) is 0 Å². The molecule has 19 heavy (non-hydrogen) atoms. The first-order chi connectivity index (χ1) is 9.36. The third-order valence-electron chi connectivity index (χ3n) is 2.87. The molecule has 0 bridgehead atoms. The van der Waals surface area contributed by atoms with Gasteiger partial charge in [0.05, 0.1) is 4.88 Å². The van der Waals surface area contributed by atoms with Crippen LogP contribution in [0, 0.1) is 0 Å².